The molecule has 0 bridgehead atoms. The Morgan fingerprint density at radius 1 is 1.32 bits per heavy atom. The minimum atomic E-state index is -0.323. The summed E-state index contributed by atoms with van der Waals surface area (Å²) in [5.41, 5.74) is 3.10. The molecule has 25 heavy (non-hydrogen) atoms. The van der Waals surface area contributed by atoms with E-state index >= 15 is 0 Å². The van der Waals surface area contributed by atoms with Crippen LogP contribution in [0.25, 0.3) is 0 Å². The monoisotopic (exact) mass is 340 g/mol. The van der Waals surface area contributed by atoms with E-state index in [9.17, 15) is 9.18 Å². The normalized spacial score (nSPS) is 19.2. The van der Waals surface area contributed by atoms with Gasteiger partial charge in [0.05, 0.1) is 0 Å². The maximum Gasteiger partial charge on any atom is 0.251 e. The van der Waals surface area contributed by atoms with Crippen LogP contribution >= 0.6 is 0 Å². The minimum Gasteiger partial charge on any atom is -0.374 e. The molecule has 5 nitrogen and oxygen atoms in total. The zero-order valence-corrected chi connectivity index (χ0v) is 14.2. The third-order valence-corrected chi connectivity index (χ3v) is 5.04. The minimum absolute atomic E-state index is 0.000102. The second-order valence-corrected chi connectivity index (χ2v) is 6.73. The highest BCUT2D eigenvalue weighted by Gasteiger charge is 2.27. The molecule has 130 valence electrons. The molecule has 1 atom stereocenters. The Kier molecular flexibility index (Phi) is 4.03. The topological polar surface area (TPSA) is 48.5 Å². The van der Waals surface area contributed by atoms with E-state index in [-0.39, 0.29) is 17.8 Å². The predicted octanol–water partition coefficient (Wildman–Crippen LogP) is 2.22. The number of carbonyl (C=O) groups is 1. The summed E-state index contributed by atoms with van der Waals surface area (Å²) in [6.45, 7) is 2.25. The van der Waals surface area contributed by atoms with Crippen LogP contribution in [0.5, 0.6) is 0 Å². The van der Waals surface area contributed by atoms with Gasteiger partial charge in [0.25, 0.3) is 5.91 Å². The maximum atomic E-state index is 13.9. The molecule has 3 heterocycles. The van der Waals surface area contributed by atoms with E-state index in [1.165, 1.54) is 11.6 Å². The number of amides is 1. The van der Waals surface area contributed by atoms with Crippen molar-refractivity contribution in [3.05, 3.63) is 53.5 Å². The number of carbonyl (C=O) groups excluding carboxylic acids is 1. The number of nitrogens with one attached hydrogen (secondary N) is 1. The van der Waals surface area contributed by atoms with Crippen LogP contribution in [-0.4, -0.2) is 43.6 Å². The lowest BCUT2D eigenvalue weighted by molar-refractivity contribution is 0.0940. The van der Waals surface area contributed by atoms with E-state index in [0.717, 1.165) is 25.1 Å². The molecule has 0 spiro atoms. The first-order valence-electron chi connectivity index (χ1n) is 8.62. The highest BCUT2D eigenvalue weighted by Crippen LogP contribution is 2.28. The van der Waals surface area contributed by atoms with Crippen molar-refractivity contribution >= 4 is 17.4 Å². The molecule has 0 aliphatic carbocycles. The average molecular weight is 340 g/mol. The van der Waals surface area contributed by atoms with Gasteiger partial charge in [0.15, 0.2) is 11.6 Å². The number of nitrogens with zero attached hydrogens (tertiary/aromatic N) is 3. The Morgan fingerprint density at radius 3 is 3.04 bits per heavy atom. The molecule has 1 aromatic heterocycles. The van der Waals surface area contributed by atoms with Crippen molar-refractivity contribution < 1.29 is 9.18 Å². The number of hydrogen-bond donors (Lipinski definition) is 1. The van der Waals surface area contributed by atoms with E-state index in [0.29, 0.717) is 24.5 Å². The Balaban J connectivity index is 1.42. The van der Waals surface area contributed by atoms with E-state index in [4.69, 9.17) is 0 Å². The van der Waals surface area contributed by atoms with Gasteiger partial charge in [-0.3, -0.25) is 4.79 Å². The van der Waals surface area contributed by atoms with Gasteiger partial charge in [-0.15, -0.1) is 0 Å². The third-order valence-electron chi connectivity index (χ3n) is 5.04. The van der Waals surface area contributed by atoms with Crippen LogP contribution in [0.15, 0.2) is 36.5 Å². The number of aromatic nitrogens is 1. The molecular weight excluding hydrogens is 319 g/mol. The number of rotatable bonds is 3. The summed E-state index contributed by atoms with van der Waals surface area (Å²) in [4.78, 5) is 20.8. The Labute approximate surface area is 146 Å². The van der Waals surface area contributed by atoms with Gasteiger partial charge in [0.2, 0.25) is 0 Å². The lowest BCUT2D eigenvalue weighted by atomic mass is 10.1. The van der Waals surface area contributed by atoms with Crippen LogP contribution in [0.1, 0.15) is 22.3 Å². The fourth-order valence-corrected chi connectivity index (χ4v) is 3.63. The van der Waals surface area contributed by atoms with Gasteiger partial charge >= 0.3 is 0 Å². The van der Waals surface area contributed by atoms with Crippen molar-refractivity contribution in [3.8, 4) is 0 Å². The number of fused-ring (bicyclic) bond motifs is 1. The molecule has 1 N–H and O–H groups in total. The number of anilines is 2. The van der Waals surface area contributed by atoms with Gasteiger partial charge in [-0.25, -0.2) is 9.37 Å². The molecule has 0 unspecified atom stereocenters. The standard InChI is InChI=1S/C19H21FN4O/c1-23-9-6-13-4-5-14(11-17(13)23)19(25)22-15-7-10-24(12-15)18-16(20)3-2-8-21-18/h2-5,8,11,15H,6-7,9-10,12H2,1H3,(H,22,25)/t15-/m0/s1. The summed E-state index contributed by atoms with van der Waals surface area (Å²) in [5, 5.41) is 3.07. The second kappa shape index (κ2) is 6.35. The molecular formula is C19H21FN4O. The van der Waals surface area contributed by atoms with Crippen LogP contribution in [0, 0.1) is 5.82 Å². The van der Waals surface area contributed by atoms with Crippen LogP contribution in [0.3, 0.4) is 0 Å². The van der Waals surface area contributed by atoms with E-state index in [1.54, 1.807) is 12.3 Å². The first kappa shape index (κ1) is 15.9. The number of benzene rings is 1. The van der Waals surface area contributed by atoms with Gasteiger partial charge in [-0.05, 0) is 42.7 Å². The molecule has 0 radical (unpaired) electrons. The second-order valence-electron chi connectivity index (χ2n) is 6.73. The molecule has 1 aromatic carbocycles. The zero-order chi connectivity index (χ0) is 17.4. The summed E-state index contributed by atoms with van der Waals surface area (Å²) in [6, 6.07) is 8.88. The quantitative estimate of drug-likeness (QED) is 0.931. The summed E-state index contributed by atoms with van der Waals surface area (Å²) in [6.07, 6.45) is 3.40. The molecule has 4 rings (SSSR count). The summed E-state index contributed by atoms with van der Waals surface area (Å²) in [5.74, 6) is -0.0361. The number of hydrogen-bond acceptors (Lipinski definition) is 4. The van der Waals surface area contributed by atoms with E-state index < -0.39 is 0 Å². The highest BCUT2D eigenvalue weighted by molar-refractivity contribution is 5.95. The van der Waals surface area contributed by atoms with Crippen molar-refractivity contribution in [3.63, 3.8) is 0 Å². The summed E-state index contributed by atoms with van der Waals surface area (Å²) < 4.78 is 13.9. The lowest BCUT2D eigenvalue weighted by Gasteiger charge is -2.18. The highest BCUT2D eigenvalue weighted by atomic mass is 19.1. The summed E-state index contributed by atoms with van der Waals surface area (Å²) in [7, 11) is 2.05. The maximum absolute atomic E-state index is 13.9. The van der Waals surface area contributed by atoms with Crippen LogP contribution < -0.4 is 15.1 Å². The molecule has 1 amide bonds. The fourth-order valence-electron chi connectivity index (χ4n) is 3.63. The van der Waals surface area contributed by atoms with Crippen molar-refractivity contribution in [1.29, 1.82) is 0 Å². The molecule has 1 fully saturated rings. The van der Waals surface area contributed by atoms with Crippen LogP contribution in [-0.2, 0) is 6.42 Å². The van der Waals surface area contributed by atoms with Crippen molar-refractivity contribution in [1.82, 2.24) is 10.3 Å². The van der Waals surface area contributed by atoms with Gasteiger partial charge in [0, 0.05) is 50.2 Å². The largest absolute Gasteiger partial charge is 0.374 e. The molecule has 2 aliphatic heterocycles. The average Bonchev–Trinajstić information content (AvgIpc) is 3.22. The van der Waals surface area contributed by atoms with Gasteiger partial charge in [0.1, 0.15) is 0 Å². The zero-order valence-electron chi connectivity index (χ0n) is 14.2. The number of pyridine rings is 1. The van der Waals surface area contributed by atoms with Gasteiger partial charge < -0.3 is 15.1 Å². The smallest absolute Gasteiger partial charge is 0.251 e. The molecule has 0 saturated carbocycles. The van der Waals surface area contributed by atoms with Gasteiger partial charge in [-0.1, -0.05) is 6.07 Å². The molecule has 2 aliphatic rings. The van der Waals surface area contributed by atoms with Crippen molar-refractivity contribution in [2.24, 2.45) is 0 Å². The number of likely N-dealkylation sites (N-methyl/N-ethyl adjacent to an activating group) is 1. The molecule has 6 heteroatoms. The predicted molar refractivity (Wildman–Crippen MR) is 95.7 cm³/mol. The SMILES string of the molecule is CN1CCc2ccc(C(=O)N[C@H]3CCN(c4ncccc4F)C3)cc21. The van der Waals surface area contributed by atoms with Crippen LogP contribution in [0.2, 0.25) is 0 Å². The fraction of sp³-hybridized carbons (Fsp3) is 0.368. The third kappa shape index (κ3) is 3.04. The van der Waals surface area contributed by atoms with Gasteiger partial charge in [-0.2, -0.15) is 0 Å². The number of halogens is 1. The van der Waals surface area contributed by atoms with Crippen LogP contribution in [0.4, 0.5) is 15.9 Å². The van der Waals surface area contributed by atoms with E-state index in [1.807, 2.05) is 30.1 Å². The molecule has 2 aromatic rings. The Morgan fingerprint density at radius 2 is 2.20 bits per heavy atom. The Bertz CT molecular complexity index is 810. The summed E-state index contributed by atoms with van der Waals surface area (Å²) >= 11 is 0. The van der Waals surface area contributed by atoms with Crippen molar-refractivity contribution in [2.75, 3.05) is 36.5 Å². The first-order valence-corrected chi connectivity index (χ1v) is 8.62. The Hall–Kier alpha value is -2.63. The lowest BCUT2D eigenvalue weighted by Crippen LogP contribution is -2.37. The first-order chi connectivity index (χ1) is 12.1. The van der Waals surface area contributed by atoms with E-state index in [2.05, 4.69) is 15.2 Å². The molecule has 1 saturated heterocycles. The van der Waals surface area contributed by atoms with Crippen molar-refractivity contribution in [2.45, 2.75) is 18.9 Å².